The average molecular weight is 279 g/mol. The fraction of sp³-hybridized carbons (Fsp3) is 0.467. The Bertz CT molecular complexity index is 459. The molecule has 1 aromatic carbocycles. The van der Waals surface area contributed by atoms with E-state index in [4.69, 9.17) is 9.84 Å². The van der Waals surface area contributed by atoms with E-state index in [2.05, 4.69) is 0 Å². The second kappa shape index (κ2) is 8.19. The Morgan fingerprint density at radius 3 is 2.60 bits per heavy atom. The summed E-state index contributed by atoms with van der Waals surface area (Å²) in [5.74, 6) is -0.0997. The van der Waals surface area contributed by atoms with Gasteiger partial charge in [-0.25, -0.2) is 0 Å². The standard InChI is InChI=1S/C15H21NO4/c1-12(17)16(10-5-3-4-9-15(18)19)13-7-6-8-14(11-13)20-2/h6-8,11H,3-5,9-10H2,1-2H3,(H,18,19). The molecular formula is C15H21NO4. The van der Waals surface area contributed by atoms with E-state index >= 15 is 0 Å². The lowest BCUT2D eigenvalue weighted by molar-refractivity contribution is -0.137. The summed E-state index contributed by atoms with van der Waals surface area (Å²) in [4.78, 5) is 23.8. The third-order valence-electron chi connectivity index (χ3n) is 3.02. The highest BCUT2D eigenvalue weighted by atomic mass is 16.5. The van der Waals surface area contributed by atoms with Gasteiger partial charge in [0, 0.05) is 31.6 Å². The summed E-state index contributed by atoms with van der Waals surface area (Å²) in [6.07, 6.45) is 2.39. The van der Waals surface area contributed by atoms with Gasteiger partial charge >= 0.3 is 5.97 Å². The molecule has 20 heavy (non-hydrogen) atoms. The number of hydrogen-bond acceptors (Lipinski definition) is 3. The maximum atomic E-state index is 11.7. The van der Waals surface area contributed by atoms with Gasteiger partial charge in [-0.15, -0.1) is 0 Å². The number of methoxy groups -OCH3 is 1. The van der Waals surface area contributed by atoms with Crippen LogP contribution in [0.2, 0.25) is 0 Å². The monoisotopic (exact) mass is 279 g/mol. The Hall–Kier alpha value is -2.04. The maximum Gasteiger partial charge on any atom is 0.303 e. The van der Waals surface area contributed by atoms with Crippen molar-refractivity contribution < 1.29 is 19.4 Å². The first-order valence-corrected chi connectivity index (χ1v) is 6.68. The maximum absolute atomic E-state index is 11.7. The smallest absolute Gasteiger partial charge is 0.303 e. The molecule has 0 aromatic heterocycles. The van der Waals surface area contributed by atoms with E-state index in [0.717, 1.165) is 18.5 Å². The van der Waals surface area contributed by atoms with E-state index in [0.29, 0.717) is 18.7 Å². The fourth-order valence-corrected chi connectivity index (χ4v) is 1.97. The molecule has 0 aliphatic heterocycles. The van der Waals surface area contributed by atoms with Gasteiger partial charge in [0.15, 0.2) is 0 Å². The highest BCUT2D eigenvalue weighted by Gasteiger charge is 2.11. The van der Waals surface area contributed by atoms with Crippen molar-refractivity contribution in [3.8, 4) is 5.75 Å². The van der Waals surface area contributed by atoms with Gasteiger partial charge in [0.05, 0.1) is 7.11 Å². The van der Waals surface area contributed by atoms with Crippen molar-refractivity contribution in [1.82, 2.24) is 0 Å². The van der Waals surface area contributed by atoms with E-state index in [1.807, 2.05) is 24.3 Å². The van der Waals surface area contributed by atoms with Crippen LogP contribution < -0.4 is 9.64 Å². The highest BCUT2D eigenvalue weighted by Crippen LogP contribution is 2.21. The third-order valence-corrected chi connectivity index (χ3v) is 3.02. The molecule has 0 spiro atoms. The first-order valence-electron chi connectivity index (χ1n) is 6.68. The van der Waals surface area contributed by atoms with Crippen molar-refractivity contribution in [2.45, 2.75) is 32.6 Å². The lowest BCUT2D eigenvalue weighted by Gasteiger charge is -2.21. The van der Waals surface area contributed by atoms with Gasteiger partial charge in [-0.3, -0.25) is 9.59 Å². The van der Waals surface area contributed by atoms with Crippen LogP contribution >= 0.6 is 0 Å². The minimum absolute atomic E-state index is 0.0310. The summed E-state index contributed by atoms with van der Waals surface area (Å²) >= 11 is 0. The second-order valence-electron chi connectivity index (χ2n) is 4.58. The number of aliphatic carboxylic acids is 1. The van der Waals surface area contributed by atoms with Crippen molar-refractivity contribution in [3.05, 3.63) is 24.3 Å². The molecule has 0 bridgehead atoms. The molecule has 0 saturated heterocycles. The van der Waals surface area contributed by atoms with Crippen LogP contribution in [-0.4, -0.2) is 30.6 Å². The Morgan fingerprint density at radius 2 is 2.00 bits per heavy atom. The number of carboxylic acids is 1. The summed E-state index contributed by atoms with van der Waals surface area (Å²) in [6.45, 7) is 2.11. The molecule has 0 saturated carbocycles. The van der Waals surface area contributed by atoms with Crippen LogP contribution in [0.4, 0.5) is 5.69 Å². The van der Waals surface area contributed by atoms with Crippen molar-refractivity contribution in [1.29, 1.82) is 0 Å². The Morgan fingerprint density at radius 1 is 1.25 bits per heavy atom. The predicted molar refractivity (Wildman–Crippen MR) is 77.1 cm³/mol. The molecule has 1 rings (SSSR count). The van der Waals surface area contributed by atoms with Crippen LogP contribution in [-0.2, 0) is 9.59 Å². The Balaban J connectivity index is 2.56. The first-order chi connectivity index (χ1) is 9.54. The zero-order valence-corrected chi connectivity index (χ0v) is 12.0. The van der Waals surface area contributed by atoms with E-state index in [1.54, 1.807) is 12.0 Å². The fourth-order valence-electron chi connectivity index (χ4n) is 1.97. The molecule has 5 heteroatoms. The second-order valence-corrected chi connectivity index (χ2v) is 4.58. The van der Waals surface area contributed by atoms with Crippen LogP contribution in [0.1, 0.15) is 32.6 Å². The quantitative estimate of drug-likeness (QED) is 0.743. The van der Waals surface area contributed by atoms with Crippen LogP contribution in [0.25, 0.3) is 0 Å². The summed E-state index contributed by atoms with van der Waals surface area (Å²) in [5.41, 5.74) is 0.801. The van der Waals surface area contributed by atoms with Crippen molar-refractivity contribution in [3.63, 3.8) is 0 Å². The van der Waals surface area contributed by atoms with Gasteiger partial charge < -0.3 is 14.7 Å². The normalized spacial score (nSPS) is 10.1. The van der Waals surface area contributed by atoms with Crippen molar-refractivity contribution >= 4 is 17.6 Å². The number of hydrogen-bond donors (Lipinski definition) is 1. The highest BCUT2D eigenvalue weighted by molar-refractivity contribution is 5.91. The molecule has 0 heterocycles. The Labute approximate surface area is 119 Å². The number of carboxylic acid groups (broad SMARTS) is 1. The van der Waals surface area contributed by atoms with E-state index < -0.39 is 5.97 Å². The summed E-state index contributed by atoms with van der Waals surface area (Å²) < 4.78 is 5.15. The molecule has 0 unspecified atom stereocenters. The first kappa shape index (κ1) is 16.0. The number of unbranched alkanes of at least 4 members (excludes halogenated alkanes) is 2. The minimum Gasteiger partial charge on any atom is -0.497 e. The average Bonchev–Trinajstić information content (AvgIpc) is 2.42. The number of amides is 1. The topological polar surface area (TPSA) is 66.8 Å². The molecule has 0 fully saturated rings. The molecule has 0 aliphatic rings. The number of carbonyl (C=O) groups is 2. The summed E-state index contributed by atoms with van der Waals surface area (Å²) in [6, 6.07) is 7.35. The summed E-state index contributed by atoms with van der Waals surface area (Å²) in [5, 5.41) is 8.57. The van der Waals surface area contributed by atoms with E-state index in [-0.39, 0.29) is 12.3 Å². The summed E-state index contributed by atoms with van der Waals surface area (Å²) in [7, 11) is 1.59. The molecule has 0 radical (unpaired) electrons. The molecule has 5 nitrogen and oxygen atoms in total. The number of carbonyl (C=O) groups excluding carboxylic acids is 1. The van der Waals surface area contributed by atoms with Crippen LogP contribution in [0.3, 0.4) is 0 Å². The van der Waals surface area contributed by atoms with Gasteiger partial charge in [0.1, 0.15) is 5.75 Å². The zero-order chi connectivity index (χ0) is 15.0. The van der Waals surface area contributed by atoms with E-state index in [9.17, 15) is 9.59 Å². The van der Waals surface area contributed by atoms with Gasteiger partial charge in [-0.2, -0.15) is 0 Å². The molecule has 0 atom stereocenters. The number of ether oxygens (including phenoxy) is 1. The molecule has 110 valence electrons. The van der Waals surface area contributed by atoms with Crippen molar-refractivity contribution in [2.24, 2.45) is 0 Å². The molecule has 1 N–H and O–H groups in total. The third kappa shape index (κ3) is 5.30. The molecular weight excluding hydrogens is 258 g/mol. The van der Waals surface area contributed by atoms with Crippen LogP contribution in [0.5, 0.6) is 5.75 Å². The number of benzene rings is 1. The predicted octanol–water partition coefficient (Wildman–Crippen LogP) is 2.69. The SMILES string of the molecule is COc1cccc(N(CCCCCC(=O)O)C(C)=O)c1. The molecule has 1 amide bonds. The van der Waals surface area contributed by atoms with E-state index in [1.165, 1.54) is 6.92 Å². The van der Waals surface area contributed by atoms with Gasteiger partial charge in [0.25, 0.3) is 0 Å². The number of rotatable bonds is 8. The van der Waals surface area contributed by atoms with Gasteiger partial charge in [0.2, 0.25) is 5.91 Å². The minimum atomic E-state index is -0.777. The largest absolute Gasteiger partial charge is 0.497 e. The van der Waals surface area contributed by atoms with Crippen molar-refractivity contribution in [2.75, 3.05) is 18.6 Å². The lowest BCUT2D eigenvalue weighted by Crippen LogP contribution is -2.29. The number of nitrogens with zero attached hydrogens (tertiary/aromatic N) is 1. The zero-order valence-electron chi connectivity index (χ0n) is 12.0. The van der Waals surface area contributed by atoms with Gasteiger partial charge in [-0.05, 0) is 25.0 Å². The number of anilines is 1. The lowest BCUT2D eigenvalue weighted by atomic mass is 10.1. The van der Waals surface area contributed by atoms with Gasteiger partial charge in [-0.1, -0.05) is 12.5 Å². The van der Waals surface area contributed by atoms with Crippen LogP contribution in [0.15, 0.2) is 24.3 Å². The molecule has 0 aliphatic carbocycles. The molecule has 1 aromatic rings. The Kier molecular flexibility index (Phi) is 6.56. The van der Waals surface area contributed by atoms with Crippen LogP contribution in [0, 0.1) is 0 Å².